The number of hydrogen-bond acceptors (Lipinski definition) is 2. The molecule has 3 aromatic rings. The van der Waals surface area contributed by atoms with Gasteiger partial charge in [0.05, 0.1) is 5.56 Å². The van der Waals surface area contributed by atoms with E-state index in [1.165, 1.54) is 18.2 Å². The summed E-state index contributed by atoms with van der Waals surface area (Å²) in [5, 5.41) is 0. The van der Waals surface area contributed by atoms with Crippen molar-refractivity contribution in [2.45, 2.75) is 19.2 Å². The molecule has 4 rings (SSSR count). The summed E-state index contributed by atoms with van der Waals surface area (Å²) in [4.78, 5) is 12.7. The fourth-order valence-corrected chi connectivity index (χ4v) is 3.35. The molecule has 0 heterocycles. The lowest BCUT2D eigenvalue weighted by atomic mass is 10.1. The first-order chi connectivity index (χ1) is 14.7. The van der Waals surface area contributed by atoms with Crippen LogP contribution in [0.1, 0.15) is 32.6 Å². The number of hydrogen-bond donors (Lipinski definition) is 0. The molecule has 0 spiro atoms. The Kier molecular flexibility index (Phi) is 5.35. The minimum atomic E-state index is -4.42. The minimum Gasteiger partial charge on any atom is -0.489 e. The predicted octanol–water partition coefficient (Wildman–Crippen LogP) is 6.39. The van der Waals surface area contributed by atoms with Gasteiger partial charge in [0.1, 0.15) is 12.4 Å². The van der Waals surface area contributed by atoms with E-state index in [1.807, 2.05) is 0 Å². The Morgan fingerprint density at radius 1 is 0.903 bits per heavy atom. The molecule has 1 aliphatic rings. The number of Topliss-reactive ketones (excluding diaryl/α,β-unsaturated/α-hetero) is 1. The van der Waals surface area contributed by atoms with E-state index in [2.05, 4.69) is 0 Å². The summed E-state index contributed by atoms with van der Waals surface area (Å²) >= 11 is 0. The second kappa shape index (κ2) is 7.98. The third-order valence-electron chi connectivity index (χ3n) is 4.97. The number of rotatable bonds is 4. The van der Waals surface area contributed by atoms with Crippen molar-refractivity contribution in [2.75, 3.05) is 0 Å². The number of carbonyl (C=O) groups excluding carboxylic acids is 1. The summed E-state index contributed by atoms with van der Waals surface area (Å²) in [5.41, 5.74) is 1.88. The van der Waals surface area contributed by atoms with Crippen LogP contribution in [-0.2, 0) is 19.2 Å². The fraction of sp³-hybridized carbons (Fsp3) is 0.125. The maximum atomic E-state index is 13.3. The number of allylic oxidation sites excluding steroid dienone is 1. The highest BCUT2D eigenvalue weighted by molar-refractivity contribution is 6.15. The van der Waals surface area contributed by atoms with E-state index in [0.717, 1.165) is 29.8 Å². The Hall–Kier alpha value is -3.48. The fourth-order valence-electron chi connectivity index (χ4n) is 3.35. The lowest BCUT2D eigenvalue weighted by Crippen LogP contribution is -2.04. The summed E-state index contributed by atoms with van der Waals surface area (Å²) in [6.07, 6.45) is -2.48. The third-order valence-corrected chi connectivity index (χ3v) is 4.97. The monoisotopic (exact) mass is 430 g/mol. The van der Waals surface area contributed by atoms with Crippen LogP contribution >= 0.6 is 0 Å². The van der Waals surface area contributed by atoms with Crippen LogP contribution in [0, 0.1) is 11.6 Å². The maximum absolute atomic E-state index is 13.3. The highest BCUT2D eigenvalue weighted by atomic mass is 19.4. The highest BCUT2D eigenvalue weighted by Crippen LogP contribution is 2.32. The number of alkyl halides is 3. The molecule has 0 unspecified atom stereocenters. The molecule has 7 heteroatoms. The van der Waals surface area contributed by atoms with Crippen molar-refractivity contribution >= 4 is 11.9 Å². The molecule has 0 N–H and O–H groups in total. The number of fused-ring (bicyclic) bond motifs is 1. The summed E-state index contributed by atoms with van der Waals surface area (Å²) in [5.74, 6) is -1.75. The molecule has 3 aromatic carbocycles. The second-order valence-corrected chi connectivity index (χ2v) is 7.15. The van der Waals surface area contributed by atoms with Gasteiger partial charge < -0.3 is 4.74 Å². The standard InChI is InChI=1S/C24H15F5O2/c25-21-8-3-15(10-22(21)26)13-31-19-7-4-16-11-17(23(30)20(16)12-19)9-14-1-5-18(6-2-14)24(27,28)29/h1-10,12H,11,13H2/b17-9+. The zero-order valence-electron chi connectivity index (χ0n) is 16.0. The molecule has 1 aliphatic carbocycles. The van der Waals surface area contributed by atoms with Gasteiger partial charge in [-0.1, -0.05) is 24.3 Å². The molecule has 0 fully saturated rings. The highest BCUT2D eigenvalue weighted by Gasteiger charge is 2.30. The molecule has 158 valence electrons. The van der Waals surface area contributed by atoms with Crippen LogP contribution in [0.2, 0.25) is 0 Å². The number of benzene rings is 3. The molecular weight excluding hydrogens is 415 g/mol. The van der Waals surface area contributed by atoms with Crippen molar-refractivity contribution in [1.82, 2.24) is 0 Å². The molecule has 0 saturated carbocycles. The average molecular weight is 430 g/mol. The third kappa shape index (κ3) is 4.50. The molecule has 0 atom stereocenters. The molecule has 0 saturated heterocycles. The Bertz CT molecular complexity index is 1180. The number of ether oxygens (including phenoxy) is 1. The van der Waals surface area contributed by atoms with Gasteiger partial charge in [-0.05, 0) is 59.2 Å². The number of halogens is 5. The zero-order chi connectivity index (χ0) is 22.2. The largest absolute Gasteiger partial charge is 0.489 e. The Morgan fingerprint density at radius 3 is 2.32 bits per heavy atom. The van der Waals surface area contributed by atoms with E-state index in [1.54, 1.807) is 24.3 Å². The van der Waals surface area contributed by atoms with Crippen LogP contribution in [0.4, 0.5) is 22.0 Å². The van der Waals surface area contributed by atoms with Gasteiger partial charge in [-0.3, -0.25) is 4.79 Å². The quantitative estimate of drug-likeness (QED) is 0.354. The van der Waals surface area contributed by atoms with Crippen molar-refractivity contribution < 1.29 is 31.5 Å². The molecular formula is C24H15F5O2. The molecule has 2 nitrogen and oxygen atoms in total. The van der Waals surface area contributed by atoms with E-state index in [-0.39, 0.29) is 12.4 Å². The van der Waals surface area contributed by atoms with Crippen molar-refractivity contribution in [1.29, 1.82) is 0 Å². The minimum absolute atomic E-state index is 0.00156. The van der Waals surface area contributed by atoms with Crippen LogP contribution in [-0.4, -0.2) is 5.78 Å². The molecule has 0 radical (unpaired) electrons. The Balaban J connectivity index is 1.49. The molecule has 0 aliphatic heterocycles. The van der Waals surface area contributed by atoms with Crippen molar-refractivity contribution in [2.24, 2.45) is 0 Å². The summed E-state index contributed by atoms with van der Waals surface area (Å²) < 4.78 is 70.0. The van der Waals surface area contributed by atoms with Crippen molar-refractivity contribution in [3.8, 4) is 5.75 Å². The van der Waals surface area contributed by atoms with E-state index >= 15 is 0 Å². The molecule has 0 amide bonds. The van der Waals surface area contributed by atoms with Crippen molar-refractivity contribution in [3.63, 3.8) is 0 Å². The topological polar surface area (TPSA) is 26.3 Å². The summed E-state index contributed by atoms with van der Waals surface area (Å²) in [6, 6.07) is 13.0. The van der Waals surface area contributed by atoms with E-state index in [0.29, 0.717) is 34.4 Å². The lowest BCUT2D eigenvalue weighted by Gasteiger charge is -2.08. The van der Waals surface area contributed by atoms with Gasteiger partial charge in [-0.2, -0.15) is 13.2 Å². The van der Waals surface area contributed by atoms with Crippen LogP contribution in [0.5, 0.6) is 5.75 Å². The van der Waals surface area contributed by atoms with Gasteiger partial charge in [0.15, 0.2) is 17.4 Å². The average Bonchev–Trinajstić information content (AvgIpc) is 3.03. The Morgan fingerprint density at radius 2 is 1.65 bits per heavy atom. The molecule has 0 bridgehead atoms. The molecule has 0 aromatic heterocycles. The summed E-state index contributed by atoms with van der Waals surface area (Å²) in [7, 11) is 0. The first-order valence-electron chi connectivity index (χ1n) is 9.33. The summed E-state index contributed by atoms with van der Waals surface area (Å²) in [6.45, 7) is -0.00156. The molecule has 31 heavy (non-hydrogen) atoms. The van der Waals surface area contributed by atoms with E-state index in [4.69, 9.17) is 4.74 Å². The normalized spacial score (nSPS) is 14.7. The number of carbonyl (C=O) groups is 1. The predicted molar refractivity (Wildman–Crippen MR) is 105 cm³/mol. The van der Waals surface area contributed by atoms with Gasteiger partial charge in [0.25, 0.3) is 0 Å². The van der Waals surface area contributed by atoms with Crippen LogP contribution in [0.15, 0.2) is 66.2 Å². The first-order valence-corrected chi connectivity index (χ1v) is 9.33. The maximum Gasteiger partial charge on any atom is 0.416 e. The van der Waals surface area contributed by atoms with E-state index in [9.17, 15) is 26.7 Å². The lowest BCUT2D eigenvalue weighted by molar-refractivity contribution is -0.137. The van der Waals surface area contributed by atoms with Crippen LogP contribution < -0.4 is 4.74 Å². The van der Waals surface area contributed by atoms with Gasteiger partial charge in [0, 0.05) is 17.6 Å². The number of ketones is 1. The van der Waals surface area contributed by atoms with E-state index < -0.39 is 23.4 Å². The zero-order valence-corrected chi connectivity index (χ0v) is 16.0. The SMILES string of the molecule is O=C1/C(=C/c2ccc(C(F)(F)F)cc2)Cc2ccc(OCc3ccc(F)c(F)c3)cc21. The van der Waals surface area contributed by atoms with Gasteiger partial charge >= 0.3 is 6.18 Å². The first kappa shape index (κ1) is 20.8. The van der Waals surface area contributed by atoms with Gasteiger partial charge in [-0.15, -0.1) is 0 Å². The van der Waals surface area contributed by atoms with Crippen molar-refractivity contribution in [3.05, 3.63) is 106 Å². The van der Waals surface area contributed by atoms with Gasteiger partial charge in [-0.25, -0.2) is 8.78 Å². The van der Waals surface area contributed by atoms with Gasteiger partial charge in [0.2, 0.25) is 0 Å². The smallest absolute Gasteiger partial charge is 0.416 e. The Labute approximate surface area is 174 Å². The second-order valence-electron chi connectivity index (χ2n) is 7.15. The van der Waals surface area contributed by atoms with Crippen LogP contribution in [0.25, 0.3) is 6.08 Å². The van der Waals surface area contributed by atoms with Crippen LogP contribution in [0.3, 0.4) is 0 Å².